The van der Waals surface area contributed by atoms with Gasteiger partial charge in [-0.1, -0.05) is 12.8 Å². The van der Waals surface area contributed by atoms with Gasteiger partial charge in [0, 0.05) is 19.8 Å². The maximum atomic E-state index is 10.5. The molecule has 0 spiro atoms. The number of amides is 1. The van der Waals surface area contributed by atoms with Gasteiger partial charge in [-0.25, -0.2) is 0 Å². The first-order chi connectivity index (χ1) is 8.20. The Morgan fingerprint density at radius 3 is 2.76 bits per heavy atom. The topological polar surface area (TPSA) is 84.6 Å². The van der Waals surface area contributed by atoms with Crippen LogP contribution < -0.4 is 11.1 Å². The van der Waals surface area contributed by atoms with E-state index in [1.54, 1.807) is 0 Å². The van der Waals surface area contributed by atoms with Crippen LogP contribution in [-0.2, 0) is 9.53 Å². The first-order valence-electron chi connectivity index (χ1n) is 6.46. The Kier molecular flexibility index (Phi) is 7.16. The fraction of sp³-hybridized carbons (Fsp3) is 0.917. The number of carbonyl (C=O) groups excluding carboxylic acids is 1. The number of hydrogen-bond donors (Lipinski definition) is 3. The largest absolute Gasteiger partial charge is 0.382 e. The van der Waals surface area contributed by atoms with Crippen LogP contribution in [-0.4, -0.2) is 43.4 Å². The second-order valence-electron chi connectivity index (χ2n) is 4.67. The first-order valence-corrected chi connectivity index (χ1v) is 6.46. The highest BCUT2D eigenvalue weighted by molar-refractivity contribution is 5.78. The molecule has 0 aromatic carbocycles. The number of unbranched alkanes of at least 4 members (excludes halogenated alkanes) is 1. The number of nitrogens with one attached hydrogen (secondary N) is 1. The average molecular weight is 244 g/mol. The van der Waals surface area contributed by atoms with Gasteiger partial charge in [-0.15, -0.1) is 0 Å². The number of nitrogens with two attached hydrogens (primary N) is 1. The van der Waals surface area contributed by atoms with Gasteiger partial charge >= 0.3 is 0 Å². The molecule has 100 valence electrons. The molecule has 0 aliphatic carbocycles. The number of hydrogen-bond acceptors (Lipinski definition) is 4. The van der Waals surface area contributed by atoms with Crippen molar-refractivity contribution in [2.75, 3.05) is 26.3 Å². The van der Waals surface area contributed by atoms with Gasteiger partial charge < -0.3 is 20.9 Å². The Bertz CT molecular complexity index is 218. The molecule has 0 aromatic heterocycles. The maximum Gasteiger partial charge on any atom is 0.247 e. The Morgan fingerprint density at radius 1 is 1.41 bits per heavy atom. The minimum Gasteiger partial charge on any atom is -0.382 e. The Balaban J connectivity index is 1.88. The van der Waals surface area contributed by atoms with Gasteiger partial charge in [-0.3, -0.25) is 4.79 Å². The summed E-state index contributed by atoms with van der Waals surface area (Å²) in [7, 11) is 0. The molecule has 0 bridgehead atoms. The monoisotopic (exact) mass is 244 g/mol. The van der Waals surface area contributed by atoms with Crippen LogP contribution >= 0.6 is 0 Å². The molecule has 5 nitrogen and oxygen atoms in total. The summed E-state index contributed by atoms with van der Waals surface area (Å²) in [6, 6.07) is 0. The van der Waals surface area contributed by atoms with E-state index in [4.69, 9.17) is 15.6 Å². The molecule has 1 fully saturated rings. The number of aliphatic hydroxyl groups excluding tert-OH is 1. The number of aliphatic hydroxyl groups is 1. The molecule has 0 aromatic rings. The van der Waals surface area contributed by atoms with Crippen LogP contribution in [0.2, 0.25) is 0 Å². The van der Waals surface area contributed by atoms with E-state index in [2.05, 4.69) is 5.32 Å². The molecule has 0 radical (unpaired) electrons. The summed E-state index contributed by atoms with van der Waals surface area (Å²) in [6.45, 7) is 2.90. The minimum absolute atomic E-state index is 0.257. The zero-order valence-corrected chi connectivity index (χ0v) is 10.4. The van der Waals surface area contributed by atoms with E-state index < -0.39 is 12.0 Å². The summed E-state index contributed by atoms with van der Waals surface area (Å²) >= 11 is 0. The predicted molar refractivity (Wildman–Crippen MR) is 65.5 cm³/mol. The SMILES string of the molecule is NC(=O)C(O)CNCCCCC1CCOCC1. The summed E-state index contributed by atoms with van der Waals surface area (Å²) in [5.41, 5.74) is 4.93. The lowest BCUT2D eigenvalue weighted by Gasteiger charge is -2.21. The number of ether oxygens (including phenoxy) is 1. The van der Waals surface area contributed by atoms with Crippen molar-refractivity contribution in [3.8, 4) is 0 Å². The van der Waals surface area contributed by atoms with E-state index in [0.717, 1.165) is 32.1 Å². The Labute approximate surface area is 103 Å². The second-order valence-corrected chi connectivity index (χ2v) is 4.67. The molecular weight excluding hydrogens is 220 g/mol. The highest BCUT2D eigenvalue weighted by Gasteiger charge is 2.13. The predicted octanol–water partition coefficient (Wildman–Crippen LogP) is 0.0191. The van der Waals surface area contributed by atoms with Gasteiger partial charge in [0.05, 0.1) is 0 Å². The van der Waals surface area contributed by atoms with Crippen molar-refractivity contribution in [2.45, 2.75) is 38.2 Å². The van der Waals surface area contributed by atoms with Crippen LogP contribution in [0.3, 0.4) is 0 Å². The highest BCUT2D eigenvalue weighted by Crippen LogP contribution is 2.20. The minimum atomic E-state index is -1.06. The highest BCUT2D eigenvalue weighted by atomic mass is 16.5. The van der Waals surface area contributed by atoms with Crippen molar-refractivity contribution in [1.82, 2.24) is 5.32 Å². The molecule has 1 amide bonds. The summed E-state index contributed by atoms with van der Waals surface area (Å²) in [5.74, 6) is 0.152. The smallest absolute Gasteiger partial charge is 0.247 e. The fourth-order valence-corrected chi connectivity index (χ4v) is 2.06. The Morgan fingerprint density at radius 2 is 2.12 bits per heavy atom. The summed E-state index contributed by atoms with van der Waals surface area (Å²) in [4.78, 5) is 10.5. The third-order valence-corrected chi connectivity index (χ3v) is 3.22. The van der Waals surface area contributed by atoms with Gasteiger partial charge in [-0.2, -0.15) is 0 Å². The molecule has 1 atom stereocenters. The van der Waals surface area contributed by atoms with Crippen LogP contribution in [0.5, 0.6) is 0 Å². The average Bonchev–Trinajstić information content (AvgIpc) is 2.34. The molecule has 1 aliphatic rings. The zero-order valence-electron chi connectivity index (χ0n) is 10.4. The van der Waals surface area contributed by atoms with Crippen LogP contribution in [0.1, 0.15) is 32.1 Å². The molecule has 1 heterocycles. The van der Waals surface area contributed by atoms with Crippen LogP contribution in [0, 0.1) is 5.92 Å². The van der Waals surface area contributed by atoms with Crippen molar-refractivity contribution in [3.63, 3.8) is 0 Å². The van der Waals surface area contributed by atoms with Gasteiger partial charge in [0.2, 0.25) is 5.91 Å². The van der Waals surface area contributed by atoms with E-state index in [-0.39, 0.29) is 6.54 Å². The fourth-order valence-electron chi connectivity index (χ4n) is 2.06. The summed E-state index contributed by atoms with van der Waals surface area (Å²) in [5, 5.41) is 12.2. The van der Waals surface area contributed by atoms with Gasteiger partial charge in [0.1, 0.15) is 6.10 Å². The molecule has 1 saturated heterocycles. The van der Waals surface area contributed by atoms with Crippen LogP contribution in [0.4, 0.5) is 0 Å². The van der Waals surface area contributed by atoms with Crippen molar-refractivity contribution >= 4 is 5.91 Å². The maximum absolute atomic E-state index is 10.5. The third kappa shape index (κ3) is 6.61. The van der Waals surface area contributed by atoms with Gasteiger partial charge in [0.25, 0.3) is 0 Å². The second kappa shape index (κ2) is 8.44. The molecule has 1 rings (SSSR count). The van der Waals surface area contributed by atoms with E-state index >= 15 is 0 Å². The zero-order chi connectivity index (χ0) is 12.5. The molecule has 17 heavy (non-hydrogen) atoms. The van der Waals surface area contributed by atoms with Gasteiger partial charge in [0.15, 0.2) is 0 Å². The molecule has 5 heteroatoms. The summed E-state index contributed by atoms with van der Waals surface area (Å²) < 4.78 is 5.31. The van der Waals surface area contributed by atoms with E-state index in [0.29, 0.717) is 0 Å². The number of primary amides is 1. The quantitative estimate of drug-likeness (QED) is 0.525. The van der Waals surface area contributed by atoms with Crippen LogP contribution in [0.15, 0.2) is 0 Å². The normalized spacial score (nSPS) is 19.1. The van der Waals surface area contributed by atoms with Gasteiger partial charge in [-0.05, 0) is 31.7 Å². The molecule has 1 aliphatic heterocycles. The lowest BCUT2D eigenvalue weighted by molar-refractivity contribution is -0.125. The van der Waals surface area contributed by atoms with Crippen molar-refractivity contribution in [1.29, 1.82) is 0 Å². The van der Waals surface area contributed by atoms with Crippen molar-refractivity contribution in [2.24, 2.45) is 11.7 Å². The standard InChI is InChI=1S/C12H24N2O3/c13-12(16)11(15)9-14-6-2-1-3-10-4-7-17-8-5-10/h10-11,14-15H,1-9H2,(H2,13,16). The Hall–Kier alpha value is -0.650. The number of rotatable bonds is 8. The summed E-state index contributed by atoms with van der Waals surface area (Å²) in [6.07, 6.45) is 4.82. The lowest BCUT2D eigenvalue weighted by atomic mass is 9.94. The van der Waals surface area contributed by atoms with E-state index in [1.165, 1.54) is 25.7 Å². The first kappa shape index (κ1) is 14.4. The molecule has 1 unspecified atom stereocenters. The van der Waals surface area contributed by atoms with E-state index in [9.17, 15) is 4.79 Å². The van der Waals surface area contributed by atoms with Crippen molar-refractivity contribution < 1.29 is 14.6 Å². The van der Waals surface area contributed by atoms with Crippen molar-refractivity contribution in [3.05, 3.63) is 0 Å². The number of carbonyl (C=O) groups is 1. The molecular formula is C12H24N2O3. The molecule has 0 saturated carbocycles. The lowest BCUT2D eigenvalue weighted by Crippen LogP contribution is -2.37. The van der Waals surface area contributed by atoms with Crippen LogP contribution in [0.25, 0.3) is 0 Å². The molecule has 4 N–H and O–H groups in total. The third-order valence-electron chi connectivity index (χ3n) is 3.22. The van der Waals surface area contributed by atoms with E-state index in [1.807, 2.05) is 0 Å².